The Morgan fingerprint density at radius 1 is 1.27 bits per heavy atom. The second kappa shape index (κ2) is 11.1. The lowest BCUT2D eigenvalue weighted by Crippen LogP contribution is -2.35. The minimum Gasteiger partial charge on any atom is -0.370 e. The van der Waals surface area contributed by atoms with Crippen LogP contribution in [0.25, 0.3) is 0 Å². The van der Waals surface area contributed by atoms with Gasteiger partial charge in [-0.15, -0.1) is 24.0 Å². The molecule has 0 atom stereocenters. The zero-order valence-corrected chi connectivity index (χ0v) is 18.8. The number of rotatable bonds is 7. The molecule has 1 heterocycles. The number of guanidine groups is 1. The van der Waals surface area contributed by atoms with Crippen LogP contribution in [-0.4, -0.2) is 38.3 Å². The van der Waals surface area contributed by atoms with Crippen molar-refractivity contribution in [2.45, 2.75) is 51.0 Å². The molecule has 26 heavy (non-hydrogen) atoms. The smallest absolute Gasteiger partial charge is 0.243 e. The molecule has 1 aliphatic rings. The molecule has 0 spiro atoms. The van der Waals surface area contributed by atoms with Gasteiger partial charge in [-0.2, -0.15) is 4.31 Å². The van der Waals surface area contributed by atoms with E-state index < -0.39 is 10.0 Å². The number of nitrogens with one attached hydrogen (secondary N) is 1. The molecule has 0 bridgehead atoms. The monoisotopic (exact) mass is 494 g/mol. The lowest BCUT2D eigenvalue weighted by atomic mass is 10.1. The van der Waals surface area contributed by atoms with Crippen LogP contribution >= 0.6 is 24.0 Å². The molecule has 0 unspecified atom stereocenters. The van der Waals surface area contributed by atoms with Gasteiger partial charge in [0.05, 0.1) is 11.4 Å². The quantitative estimate of drug-likeness (QED) is 0.347. The van der Waals surface area contributed by atoms with E-state index in [1.807, 2.05) is 6.07 Å². The molecule has 1 aliphatic heterocycles. The summed E-state index contributed by atoms with van der Waals surface area (Å²) in [6, 6.07) is 7.00. The Kier molecular flexibility index (Phi) is 9.88. The molecule has 0 aliphatic carbocycles. The van der Waals surface area contributed by atoms with E-state index >= 15 is 0 Å². The number of halogens is 1. The molecule has 2 rings (SSSR count). The average molecular weight is 494 g/mol. The van der Waals surface area contributed by atoms with Crippen molar-refractivity contribution in [2.24, 2.45) is 16.6 Å². The molecule has 1 saturated heterocycles. The number of aliphatic imine (C=N–C) groups is 1. The molecule has 0 saturated carbocycles. The predicted molar refractivity (Wildman–Crippen MR) is 117 cm³/mol. The highest BCUT2D eigenvalue weighted by atomic mass is 127. The van der Waals surface area contributed by atoms with Gasteiger partial charge in [0, 0.05) is 19.6 Å². The topological polar surface area (TPSA) is 87.8 Å². The summed E-state index contributed by atoms with van der Waals surface area (Å²) in [6.07, 6.45) is 3.99. The Morgan fingerprint density at radius 3 is 2.62 bits per heavy atom. The lowest BCUT2D eigenvalue weighted by molar-refractivity contribution is 0.346. The van der Waals surface area contributed by atoms with Gasteiger partial charge in [-0.25, -0.2) is 13.4 Å². The zero-order valence-electron chi connectivity index (χ0n) is 15.6. The molecule has 1 aromatic carbocycles. The second-order valence-electron chi connectivity index (χ2n) is 6.92. The van der Waals surface area contributed by atoms with Crippen LogP contribution in [0.1, 0.15) is 45.1 Å². The van der Waals surface area contributed by atoms with Gasteiger partial charge in [0.15, 0.2) is 5.96 Å². The van der Waals surface area contributed by atoms with Gasteiger partial charge in [0.1, 0.15) is 0 Å². The first-order valence-electron chi connectivity index (χ1n) is 9.02. The highest BCUT2D eigenvalue weighted by Gasteiger charge is 2.25. The Balaban J connectivity index is 0.00000338. The van der Waals surface area contributed by atoms with Crippen molar-refractivity contribution >= 4 is 40.0 Å². The van der Waals surface area contributed by atoms with E-state index in [1.165, 1.54) is 0 Å². The fourth-order valence-electron chi connectivity index (χ4n) is 2.78. The predicted octanol–water partition coefficient (Wildman–Crippen LogP) is 2.93. The first kappa shape index (κ1) is 23.2. The van der Waals surface area contributed by atoms with Gasteiger partial charge in [-0.05, 0) is 42.9 Å². The van der Waals surface area contributed by atoms with Crippen LogP contribution in [0.4, 0.5) is 0 Å². The van der Waals surface area contributed by atoms with Gasteiger partial charge in [0.2, 0.25) is 10.0 Å². The minimum atomic E-state index is -3.41. The van der Waals surface area contributed by atoms with Crippen molar-refractivity contribution < 1.29 is 8.42 Å². The number of piperidine rings is 1. The van der Waals surface area contributed by atoms with E-state index in [0.717, 1.165) is 37.8 Å². The van der Waals surface area contributed by atoms with Gasteiger partial charge in [-0.1, -0.05) is 32.4 Å². The molecule has 6 nitrogen and oxygen atoms in total. The third-order valence-corrected chi connectivity index (χ3v) is 6.21. The van der Waals surface area contributed by atoms with Crippen LogP contribution in [0, 0.1) is 5.92 Å². The highest BCUT2D eigenvalue weighted by Crippen LogP contribution is 2.21. The van der Waals surface area contributed by atoms with Crippen molar-refractivity contribution in [3.63, 3.8) is 0 Å². The number of nitrogens with zero attached hydrogens (tertiary/aromatic N) is 2. The number of sulfonamides is 1. The van der Waals surface area contributed by atoms with Crippen LogP contribution in [0.3, 0.4) is 0 Å². The van der Waals surface area contributed by atoms with Crippen LogP contribution < -0.4 is 11.1 Å². The van der Waals surface area contributed by atoms with E-state index in [1.54, 1.807) is 22.5 Å². The zero-order chi connectivity index (χ0) is 18.3. The summed E-state index contributed by atoms with van der Waals surface area (Å²) in [5, 5.41) is 3.08. The summed E-state index contributed by atoms with van der Waals surface area (Å²) in [5.74, 6) is 1.00. The van der Waals surface area contributed by atoms with E-state index in [4.69, 9.17) is 5.73 Å². The normalized spacial score (nSPS) is 16.3. The lowest BCUT2D eigenvalue weighted by Gasteiger charge is -2.26. The van der Waals surface area contributed by atoms with Crippen molar-refractivity contribution in [1.29, 1.82) is 0 Å². The molecule has 0 amide bonds. The Hall–Kier alpha value is -0.870. The molecule has 0 radical (unpaired) electrons. The fraction of sp³-hybridized carbons (Fsp3) is 0.611. The summed E-state index contributed by atoms with van der Waals surface area (Å²) >= 11 is 0. The molecule has 3 N–H and O–H groups in total. The molecule has 8 heteroatoms. The molecule has 0 aromatic heterocycles. The molecule has 1 fully saturated rings. The van der Waals surface area contributed by atoms with Crippen LogP contribution in [-0.2, 0) is 16.6 Å². The van der Waals surface area contributed by atoms with Crippen molar-refractivity contribution in [3.05, 3.63) is 29.8 Å². The standard InChI is InChI=1S/C18H30N4O2S.HI/c1-15(2)9-10-20-18(19)21-14-16-7-6-8-17(13-16)25(23,24)22-11-4-3-5-12-22;/h6-8,13,15H,3-5,9-12,14H2,1-2H3,(H3,19,20,21);1H. The van der Waals surface area contributed by atoms with Crippen molar-refractivity contribution in [3.8, 4) is 0 Å². The fourth-order valence-corrected chi connectivity index (χ4v) is 4.37. The first-order chi connectivity index (χ1) is 11.9. The van der Waals surface area contributed by atoms with Crippen LogP contribution in [0.2, 0.25) is 0 Å². The van der Waals surface area contributed by atoms with Gasteiger partial charge < -0.3 is 11.1 Å². The summed E-state index contributed by atoms with van der Waals surface area (Å²) in [6.45, 7) is 6.68. The van der Waals surface area contributed by atoms with E-state index in [2.05, 4.69) is 24.2 Å². The van der Waals surface area contributed by atoms with Crippen LogP contribution in [0.15, 0.2) is 34.2 Å². The molecule has 148 valence electrons. The van der Waals surface area contributed by atoms with Gasteiger partial charge in [0.25, 0.3) is 0 Å². The number of hydrogen-bond acceptors (Lipinski definition) is 3. The Morgan fingerprint density at radius 2 is 1.96 bits per heavy atom. The number of hydrogen-bond donors (Lipinski definition) is 2. The van der Waals surface area contributed by atoms with E-state index in [0.29, 0.717) is 36.4 Å². The summed E-state index contributed by atoms with van der Waals surface area (Å²) in [5.41, 5.74) is 6.70. The molecular formula is C18H31IN4O2S. The van der Waals surface area contributed by atoms with E-state index in [-0.39, 0.29) is 24.0 Å². The first-order valence-corrected chi connectivity index (χ1v) is 10.5. The maximum absolute atomic E-state index is 12.7. The van der Waals surface area contributed by atoms with Crippen LogP contribution in [0.5, 0.6) is 0 Å². The third-order valence-electron chi connectivity index (χ3n) is 4.31. The summed E-state index contributed by atoms with van der Waals surface area (Å²) in [7, 11) is -3.41. The minimum absolute atomic E-state index is 0. The largest absolute Gasteiger partial charge is 0.370 e. The molecular weight excluding hydrogens is 463 g/mol. The van der Waals surface area contributed by atoms with Crippen molar-refractivity contribution in [1.82, 2.24) is 9.62 Å². The van der Waals surface area contributed by atoms with Crippen molar-refractivity contribution in [2.75, 3.05) is 19.6 Å². The van der Waals surface area contributed by atoms with Gasteiger partial charge in [-0.3, -0.25) is 0 Å². The Bertz CT molecular complexity index is 686. The average Bonchev–Trinajstić information content (AvgIpc) is 2.60. The highest BCUT2D eigenvalue weighted by molar-refractivity contribution is 14.0. The Labute approximate surface area is 174 Å². The second-order valence-corrected chi connectivity index (χ2v) is 8.86. The molecule has 1 aromatic rings. The number of nitrogens with two attached hydrogens (primary N) is 1. The summed E-state index contributed by atoms with van der Waals surface area (Å²) in [4.78, 5) is 4.64. The third kappa shape index (κ3) is 7.03. The SMILES string of the molecule is CC(C)CCNC(N)=NCc1cccc(S(=O)(=O)N2CCCCC2)c1.I. The summed E-state index contributed by atoms with van der Waals surface area (Å²) < 4.78 is 27.1. The maximum Gasteiger partial charge on any atom is 0.243 e. The van der Waals surface area contributed by atoms with E-state index in [9.17, 15) is 8.42 Å². The number of benzene rings is 1. The van der Waals surface area contributed by atoms with Gasteiger partial charge >= 0.3 is 0 Å². The maximum atomic E-state index is 12.7.